The van der Waals surface area contributed by atoms with Crippen molar-refractivity contribution in [3.63, 3.8) is 0 Å². The number of nitrogens with one attached hydrogen (secondary N) is 1. The Kier molecular flexibility index (Phi) is 5.22. The van der Waals surface area contributed by atoms with Crippen LogP contribution in [0.1, 0.15) is 16.8 Å². The number of rotatable bonds is 5. The predicted molar refractivity (Wildman–Crippen MR) is 139 cm³/mol. The number of hydrogen-bond donors (Lipinski definition) is 1. The average molecular weight is 479 g/mol. The highest BCUT2D eigenvalue weighted by molar-refractivity contribution is 7.98. The normalized spacial score (nSPS) is 11.5. The molecule has 0 atom stereocenters. The van der Waals surface area contributed by atoms with Crippen LogP contribution in [0.5, 0.6) is 0 Å². The van der Waals surface area contributed by atoms with Crippen molar-refractivity contribution in [2.45, 2.75) is 24.8 Å². The highest BCUT2D eigenvalue weighted by atomic mass is 32.2. The van der Waals surface area contributed by atoms with Gasteiger partial charge < -0.3 is 4.98 Å². The maximum Gasteiger partial charge on any atom is 0.258 e. The van der Waals surface area contributed by atoms with Crippen molar-refractivity contribution in [3.8, 4) is 17.1 Å². The zero-order valence-corrected chi connectivity index (χ0v) is 20.1. The van der Waals surface area contributed by atoms with E-state index in [1.807, 2.05) is 49.5 Å². The third kappa shape index (κ3) is 3.91. The summed E-state index contributed by atoms with van der Waals surface area (Å²) in [4.78, 5) is 20.7. The van der Waals surface area contributed by atoms with Crippen molar-refractivity contribution < 1.29 is 0 Å². The fraction of sp³-hybridized carbons (Fsp3) is 0.111. The summed E-state index contributed by atoms with van der Waals surface area (Å²) >= 11 is 1.51. The second-order valence-electron chi connectivity index (χ2n) is 8.54. The average Bonchev–Trinajstić information content (AvgIpc) is 3.46. The zero-order chi connectivity index (χ0) is 23.9. The number of thioether (sulfide) groups is 1. The summed E-state index contributed by atoms with van der Waals surface area (Å²) in [7, 11) is 0. The first-order valence-electron chi connectivity index (χ1n) is 11.3. The monoisotopic (exact) mass is 478 g/mol. The van der Waals surface area contributed by atoms with Crippen molar-refractivity contribution in [1.29, 1.82) is 0 Å². The SMILES string of the molecule is Cc1cccc(-n2c(SCc3cc(=O)n4ccc(C)cc4n3)nnc2-c2c[nH]c3ccccc23)c1. The van der Waals surface area contributed by atoms with Gasteiger partial charge in [0.2, 0.25) is 0 Å². The van der Waals surface area contributed by atoms with E-state index in [4.69, 9.17) is 4.98 Å². The van der Waals surface area contributed by atoms with E-state index in [0.717, 1.165) is 44.3 Å². The number of aryl methyl sites for hydroxylation is 2. The van der Waals surface area contributed by atoms with E-state index in [2.05, 4.69) is 50.9 Å². The Morgan fingerprint density at radius 2 is 1.80 bits per heavy atom. The van der Waals surface area contributed by atoms with Crippen molar-refractivity contribution in [2.75, 3.05) is 0 Å². The fourth-order valence-corrected chi connectivity index (χ4v) is 5.10. The van der Waals surface area contributed by atoms with Gasteiger partial charge in [-0.05, 0) is 55.3 Å². The van der Waals surface area contributed by atoms with Gasteiger partial charge in [-0.1, -0.05) is 42.1 Å². The van der Waals surface area contributed by atoms with Crippen molar-refractivity contribution >= 4 is 28.3 Å². The molecule has 0 spiro atoms. The van der Waals surface area contributed by atoms with E-state index in [1.165, 1.54) is 11.8 Å². The summed E-state index contributed by atoms with van der Waals surface area (Å²) in [5.41, 5.74) is 6.49. The molecule has 0 fully saturated rings. The fourth-order valence-electron chi connectivity index (χ4n) is 4.26. The smallest absolute Gasteiger partial charge is 0.258 e. The second-order valence-corrected chi connectivity index (χ2v) is 9.48. The minimum absolute atomic E-state index is 0.0924. The van der Waals surface area contributed by atoms with Crippen molar-refractivity contribution in [3.05, 3.63) is 106 Å². The lowest BCUT2D eigenvalue weighted by Gasteiger charge is -2.11. The molecule has 4 aromatic heterocycles. The summed E-state index contributed by atoms with van der Waals surface area (Å²) in [6.07, 6.45) is 3.74. The minimum atomic E-state index is -0.0924. The van der Waals surface area contributed by atoms with Crippen LogP contribution in [-0.2, 0) is 5.75 Å². The molecular formula is C27H22N6OS. The van der Waals surface area contributed by atoms with Crippen LogP contribution in [0, 0.1) is 13.8 Å². The minimum Gasteiger partial charge on any atom is -0.360 e. The molecule has 35 heavy (non-hydrogen) atoms. The number of para-hydroxylation sites is 1. The van der Waals surface area contributed by atoms with Gasteiger partial charge in [0.25, 0.3) is 5.56 Å². The molecule has 2 aromatic carbocycles. The first-order chi connectivity index (χ1) is 17.1. The van der Waals surface area contributed by atoms with Gasteiger partial charge >= 0.3 is 0 Å². The zero-order valence-electron chi connectivity index (χ0n) is 19.3. The number of aromatic amines is 1. The van der Waals surface area contributed by atoms with Crippen molar-refractivity contribution in [2.24, 2.45) is 0 Å². The molecule has 172 valence electrons. The quantitative estimate of drug-likeness (QED) is 0.339. The lowest BCUT2D eigenvalue weighted by molar-refractivity contribution is 0.884. The van der Waals surface area contributed by atoms with E-state index in [9.17, 15) is 4.79 Å². The maximum absolute atomic E-state index is 12.6. The van der Waals surface area contributed by atoms with Crippen molar-refractivity contribution in [1.82, 2.24) is 29.1 Å². The Bertz CT molecular complexity index is 1760. The Hall–Kier alpha value is -4.17. The van der Waals surface area contributed by atoms with Gasteiger partial charge in [-0.2, -0.15) is 0 Å². The molecular weight excluding hydrogens is 456 g/mol. The van der Waals surface area contributed by atoms with Gasteiger partial charge in [-0.25, -0.2) is 4.98 Å². The van der Waals surface area contributed by atoms with Crippen LogP contribution in [0.3, 0.4) is 0 Å². The highest BCUT2D eigenvalue weighted by Gasteiger charge is 2.19. The summed E-state index contributed by atoms with van der Waals surface area (Å²) in [6, 6.07) is 21.9. The third-order valence-corrected chi connectivity index (χ3v) is 6.91. The van der Waals surface area contributed by atoms with Crippen LogP contribution in [0.15, 0.2) is 89.1 Å². The number of H-pyrrole nitrogens is 1. The first kappa shape index (κ1) is 21.4. The number of pyridine rings is 1. The number of nitrogens with zero attached hydrogens (tertiary/aromatic N) is 5. The standard InChI is InChI=1S/C27H22N6OS/c1-17-6-5-7-20(12-17)33-26(22-15-28-23-9-4-3-8-21(22)23)30-31-27(33)35-16-19-14-25(34)32-11-10-18(2)13-24(32)29-19/h3-15,28H,16H2,1-2H3. The molecule has 0 saturated heterocycles. The van der Waals surface area contributed by atoms with E-state index in [0.29, 0.717) is 17.1 Å². The lowest BCUT2D eigenvalue weighted by atomic mass is 10.1. The molecule has 0 radical (unpaired) electrons. The molecule has 0 aliphatic rings. The molecule has 7 nitrogen and oxygen atoms in total. The van der Waals surface area contributed by atoms with E-state index in [-0.39, 0.29) is 5.56 Å². The number of benzene rings is 2. The summed E-state index contributed by atoms with van der Waals surface area (Å²) < 4.78 is 3.64. The molecule has 4 heterocycles. The van der Waals surface area contributed by atoms with Gasteiger partial charge in [-0.15, -0.1) is 10.2 Å². The number of hydrogen-bond acceptors (Lipinski definition) is 5. The molecule has 0 amide bonds. The summed E-state index contributed by atoms with van der Waals surface area (Å²) in [5.74, 6) is 1.26. The van der Waals surface area contributed by atoms with E-state index >= 15 is 0 Å². The Morgan fingerprint density at radius 1 is 0.943 bits per heavy atom. The molecule has 6 aromatic rings. The van der Waals surface area contributed by atoms with Crippen LogP contribution in [0.4, 0.5) is 0 Å². The molecule has 0 aliphatic heterocycles. The second kappa shape index (κ2) is 8.56. The largest absolute Gasteiger partial charge is 0.360 e. The summed E-state index contributed by atoms with van der Waals surface area (Å²) in [5, 5.41) is 11.0. The maximum atomic E-state index is 12.6. The lowest BCUT2D eigenvalue weighted by Crippen LogP contribution is -2.15. The Labute approximate surface area is 205 Å². The molecule has 8 heteroatoms. The molecule has 1 N–H and O–H groups in total. The van der Waals surface area contributed by atoms with Gasteiger partial charge in [0, 0.05) is 46.4 Å². The van der Waals surface area contributed by atoms with E-state index < -0.39 is 0 Å². The first-order valence-corrected chi connectivity index (χ1v) is 12.3. The van der Waals surface area contributed by atoms with Crippen LogP contribution in [-0.4, -0.2) is 29.1 Å². The number of fused-ring (bicyclic) bond motifs is 2. The molecule has 0 bridgehead atoms. The molecule has 0 aliphatic carbocycles. The summed E-state index contributed by atoms with van der Waals surface area (Å²) in [6.45, 7) is 4.06. The predicted octanol–water partition coefficient (Wildman–Crippen LogP) is 5.33. The highest BCUT2D eigenvalue weighted by Crippen LogP contribution is 2.33. The number of aromatic nitrogens is 6. The van der Waals surface area contributed by atoms with Crippen LogP contribution < -0.4 is 5.56 Å². The topological polar surface area (TPSA) is 80.9 Å². The van der Waals surface area contributed by atoms with Gasteiger partial charge in [0.05, 0.1) is 5.69 Å². The third-order valence-electron chi connectivity index (χ3n) is 5.95. The van der Waals surface area contributed by atoms with Crippen LogP contribution in [0.25, 0.3) is 33.6 Å². The van der Waals surface area contributed by atoms with Crippen LogP contribution in [0.2, 0.25) is 0 Å². The van der Waals surface area contributed by atoms with Gasteiger partial charge in [0.15, 0.2) is 11.0 Å². The Balaban J connectivity index is 1.43. The molecule has 0 saturated carbocycles. The van der Waals surface area contributed by atoms with Gasteiger partial charge in [0.1, 0.15) is 5.65 Å². The molecule has 6 rings (SSSR count). The van der Waals surface area contributed by atoms with Crippen LogP contribution >= 0.6 is 11.8 Å². The Morgan fingerprint density at radius 3 is 2.69 bits per heavy atom. The molecule has 0 unspecified atom stereocenters. The van der Waals surface area contributed by atoms with E-state index in [1.54, 1.807) is 16.7 Å². The van der Waals surface area contributed by atoms with Gasteiger partial charge in [-0.3, -0.25) is 13.8 Å².